The van der Waals surface area contributed by atoms with Crippen molar-refractivity contribution in [1.82, 2.24) is 9.80 Å². The number of likely N-dealkylation sites (tertiary alicyclic amines) is 2. The van der Waals surface area contributed by atoms with Gasteiger partial charge in [0.15, 0.2) is 0 Å². The van der Waals surface area contributed by atoms with E-state index in [9.17, 15) is 19.1 Å². The Morgan fingerprint density at radius 1 is 1.24 bits per heavy atom. The summed E-state index contributed by atoms with van der Waals surface area (Å²) in [5, 5.41) is 9.89. The van der Waals surface area contributed by atoms with Gasteiger partial charge in [0, 0.05) is 44.2 Å². The van der Waals surface area contributed by atoms with Crippen LogP contribution >= 0.6 is 0 Å². The standard InChI is InChI=1S/C19H23FN2O3/c20-16-6-2-5-14(7-16)17(23)22-10-15-9-21(8-13-3-1-4-13)11-19(15,12-22)18(24)25/h2,5-7,13,15H,1,3-4,8-12H2,(H,24,25)/t15-,19-/m1/s1. The first kappa shape index (κ1) is 16.5. The third kappa shape index (κ3) is 2.82. The molecule has 0 bridgehead atoms. The van der Waals surface area contributed by atoms with Gasteiger partial charge in [0.1, 0.15) is 11.2 Å². The van der Waals surface area contributed by atoms with E-state index >= 15 is 0 Å². The third-order valence-electron chi connectivity index (χ3n) is 6.21. The first-order valence-electron chi connectivity index (χ1n) is 8.98. The number of benzene rings is 1. The van der Waals surface area contributed by atoms with Crippen LogP contribution < -0.4 is 0 Å². The second-order valence-electron chi connectivity index (χ2n) is 7.85. The summed E-state index contributed by atoms with van der Waals surface area (Å²) in [4.78, 5) is 28.6. The summed E-state index contributed by atoms with van der Waals surface area (Å²) in [6.07, 6.45) is 3.76. The lowest BCUT2D eigenvalue weighted by atomic mass is 9.81. The fraction of sp³-hybridized carbons (Fsp3) is 0.579. The van der Waals surface area contributed by atoms with Gasteiger partial charge in [-0.1, -0.05) is 12.5 Å². The molecule has 2 heterocycles. The number of aliphatic carboxylic acids is 1. The number of nitrogens with zero attached hydrogens (tertiary/aromatic N) is 2. The van der Waals surface area contributed by atoms with Crippen LogP contribution in [-0.2, 0) is 4.79 Å². The van der Waals surface area contributed by atoms with E-state index < -0.39 is 17.2 Å². The summed E-state index contributed by atoms with van der Waals surface area (Å²) in [6.45, 7) is 2.86. The summed E-state index contributed by atoms with van der Waals surface area (Å²) in [6, 6.07) is 5.60. The molecule has 1 N–H and O–H groups in total. The Bertz CT molecular complexity index is 706. The van der Waals surface area contributed by atoms with Gasteiger partial charge >= 0.3 is 5.97 Å². The third-order valence-corrected chi connectivity index (χ3v) is 6.21. The Morgan fingerprint density at radius 2 is 2.04 bits per heavy atom. The zero-order chi connectivity index (χ0) is 17.6. The van der Waals surface area contributed by atoms with Crippen molar-refractivity contribution in [3.8, 4) is 0 Å². The maximum Gasteiger partial charge on any atom is 0.313 e. The molecule has 134 valence electrons. The van der Waals surface area contributed by atoms with Gasteiger partial charge in [-0.15, -0.1) is 0 Å². The van der Waals surface area contributed by atoms with Crippen LogP contribution in [0, 0.1) is 23.1 Å². The Morgan fingerprint density at radius 3 is 2.64 bits per heavy atom. The molecular formula is C19H23FN2O3. The van der Waals surface area contributed by atoms with Gasteiger partial charge in [-0.05, 0) is 37.0 Å². The molecule has 2 atom stereocenters. The molecule has 2 saturated heterocycles. The predicted octanol–water partition coefficient (Wildman–Crippen LogP) is 2.08. The summed E-state index contributed by atoms with van der Waals surface area (Å²) < 4.78 is 13.4. The predicted molar refractivity (Wildman–Crippen MR) is 89.6 cm³/mol. The van der Waals surface area contributed by atoms with Crippen molar-refractivity contribution in [2.75, 3.05) is 32.7 Å². The molecular weight excluding hydrogens is 323 g/mol. The smallest absolute Gasteiger partial charge is 0.313 e. The van der Waals surface area contributed by atoms with Gasteiger partial charge in [0.2, 0.25) is 0 Å². The number of carboxylic acids is 1. The molecule has 3 fully saturated rings. The quantitative estimate of drug-likeness (QED) is 0.907. The van der Waals surface area contributed by atoms with Gasteiger partial charge < -0.3 is 14.9 Å². The first-order valence-corrected chi connectivity index (χ1v) is 8.98. The van der Waals surface area contributed by atoms with Crippen molar-refractivity contribution in [1.29, 1.82) is 0 Å². The fourth-order valence-corrected chi connectivity index (χ4v) is 4.61. The lowest BCUT2D eigenvalue weighted by Crippen LogP contribution is -2.43. The van der Waals surface area contributed by atoms with E-state index in [1.54, 1.807) is 11.0 Å². The van der Waals surface area contributed by atoms with Crippen LogP contribution in [0.1, 0.15) is 29.6 Å². The minimum absolute atomic E-state index is 0.0532. The van der Waals surface area contributed by atoms with E-state index in [1.165, 1.54) is 37.5 Å². The average Bonchev–Trinajstić information content (AvgIpc) is 3.05. The molecule has 0 aromatic heterocycles. The zero-order valence-electron chi connectivity index (χ0n) is 14.2. The Labute approximate surface area is 146 Å². The number of carboxylic acid groups (broad SMARTS) is 1. The molecule has 3 aliphatic rings. The molecule has 1 aromatic rings. The SMILES string of the molecule is O=C(c1cccc(F)c1)N1C[C@H]2CN(CC3CCC3)C[C@@]2(C(=O)O)C1. The fourth-order valence-electron chi connectivity index (χ4n) is 4.61. The molecule has 4 rings (SSSR count). The van der Waals surface area contributed by atoms with Crippen molar-refractivity contribution in [3.63, 3.8) is 0 Å². The highest BCUT2D eigenvalue weighted by atomic mass is 19.1. The largest absolute Gasteiger partial charge is 0.481 e. The second kappa shape index (κ2) is 6.09. The van der Waals surface area contributed by atoms with Crippen molar-refractivity contribution in [3.05, 3.63) is 35.6 Å². The van der Waals surface area contributed by atoms with Gasteiger partial charge in [-0.25, -0.2) is 4.39 Å². The molecule has 2 aliphatic heterocycles. The van der Waals surface area contributed by atoms with Gasteiger partial charge in [-0.3, -0.25) is 9.59 Å². The molecule has 0 unspecified atom stereocenters. The van der Waals surface area contributed by atoms with E-state index in [4.69, 9.17) is 0 Å². The maximum atomic E-state index is 13.4. The molecule has 25 heavy (non-hydrogen) atoms. The van der Waals surface area contributed by atoms with E-state index in [0.29, 0.717) is 19.0 Å². The summed E-state index contributed by atoms with van der Waals surface area (Å²) in [5.41, 5.74) is -0.598. The summed E-state index contributed by atoms with van der Waals surface area (Å²) in [5.74, 6) is -0.898. The summed E-state index contributed by atoms with van der Waals surface area (Å²) >= 11 is 0. The van der Waals surface area contributed by atoms with Crippen LogP contribution in [-0.4, -0.2) is 59.5 Å². The first-order chi connectivity index (χ1) is 12.0. The van der Waals surface area contributed by atoms with Crippen LogP contribution in [0.4, 0.5) is 4.39 Å². The average molecular weight is 346 g/mol. The molecule has 0 radical (unpaired) electrons. The van der Waals surface area contributed by atoms with Crippen LogP contribution in [0.25, 0.3) is 0 Å². The number of amides is 1. The van der Waals surface area contributed by atoms with Gasteiger partial charge in [0.25, 0.3) is 5.91 Å². The Hall–Kier alpha value is -1.95. The van der Waals surface area contributed by atoms with E-state index in [1.807, 2.05) is 0 Å². The number of carbonyl (C=O) groups excluding carboxylic acids is 1. The number of halogens is 1. The Balaban J connectivity index is 1.49. The van der Waals surface area contributed by atoms with Gasteiger partial charge in [0.05, 0.1) is 0 Å². The van der Waals surface area contributed by atoms with Crippen molar-refractivity contribution in [2.24, 2.45) is 17.3 Å². The summed E-state index contributed by atoms with van der Waals surface area (Å²) in [7, 11) is 0. The number of fused-ring (bicyclic) bond motifs is 1. The molecule has 1 aliphatic carbocycles. The van der Waals surface area contributed by atoms with Gasteiger partial charge in [-0.2, -0.15) is 0 Å². The van der Waals surface area contributed by atoms with Crippen LogP contribution in [0.3, 0.4) is 0 Å². The number of carbonyl (C=O) groups is 2. The van der Waals surface area contributed by atoms with E-state index in [0.717, 1.165) is 13.1 Å². The van der Waals surface area contributed by atoms with Crippen LogP contribution in [0.5, 0.6) is 0 Å². The molecule has 1 amide bonds. The van der Waals surface area contributed by atoms with E-state index in [-0.39, 0.29) is 23.9 Å². The lowest BCUT2D eigenvalue weighted by Gasteiger charge is -2.31. The highest BCUT2D eigenvalue weighted by molar-refractivity contribution is 5.95. The molecule has 1 aromatic carbocycles. The molecule has 0 spiro atoms. The maximum absolute atomic E-state index is 13.4. The molecule has 6 heteroatoms. The lowest BCUT2D eigenvalue weighted by molar-refractivity contribution is -0.148. The molecule has 5 nitrogen and oxygen atoms in total. The van der Waals surface area contributed by atoms with Crippen molar-refractivity contribution < 1.29 is 19.1 Å². The highest BCUT2D eigenvalue weighted by Crippen LogP contribution is 2.44. The number of hydrogen-bond acceptors (Lipinski definition) is 3. The topological polar surface area (TPSA) is 60.9 Å². The molecule has 1 saturated carbocycles. The Kier molecular flexibility index (Phi) is 4.02. The van der Waals surface area contributed by atoms with Crippen LogP contribution in [0.2, 0.25) is 0 Å². The van der Waals surface area contributed by atoms with Crippen LogP contribution in [0.15, 0.2) is 24.3 Å². The monoisotopic (exact) mass is 346 g/mol. The minimum Gasteiger partial charge on any atom is -0.481 e. The van der Waals surface area contributed by atoms with Crippen molar-refractivity contribution in [2.45, 2.75) is 19.3 Å². The number of hydrogen-bond donors (Lipinski definition) is 1. The minimum atomic E-state index is -0.882. The highest BCUT2D eigenvalue weighted by Gasteiger charge is 2.58. The van der Waals surface area contributed by atoms with Crippen molar-refractivity contribution >= 4 is 11.9 Å². The van der Waals surface area contributed by atoms with E-state index in [2.05, 4.69) is 4.90 Å². The zero-order valence-corrected chi connectivity index (χ0v) is 14.2. The second-order valence-corrected chi connectivity index (χ2v) is 7.85. The normalized spacial score (nSPS) is 29.5. The number of rotatable bonds is 4.